The summed E-state index contributed by atoms with van der Waals surface area (Å²) in [5.41, 5.74) is 1.22. The predicted octanol–water partition coefficient (Wildman–Crippen LogP) is 1.35. The van der Waals surface area contributed by atoms with E-state index < -0.39 is 9.05 Å². The minimum absolute atomic E-state index is 0.324. The summed E-state index contributed by atoms with van der Waals surface area (Å²) in [7, 11) is 0.316. The van der Waals surface area contributed by atoms with Crippen LogP contribution in [-0.4, -0.2) is 43.5 Å². The fraction of sp³-hybridized carbons (Fsp3) is 0.538. The maximum Gasteiger partial charge on any atom is 0.764 e. The van der Waals surface area contributed by atoms with Gasteiger partial charge in [-0.2, -0.15) is 13.7 Å². The quantitative estimate of drug-likeness (QED) is 0.251. The van der Waals surface area contributed by atoms with E-state index in [-0.39, 0.29) is 0 Å². The van der Waals surface area contributed by atoms with Crippen molar-refractivity contribution in [1.29, 1.82) is 0 Å². The second-order valence-electron chi connectivity index (χ2n) is 4.11. The maximum atomic E-state index is 5.46. The summed E-state index contributed by atoms with van der Waals surface area (Å²) >= 11 is 0. The lowest BCUT2D eigenvalue weighted by atomic mass is 10.2. The summed E-state index contributed by atoms with van der Waals surface area (Å²) in [4.78, 5) is 13.7. The Morgan fingerprint density at radius 3 is 2.05 bits per heavy atom. The van der Waals surface area contributed by atoms with Gasteiger partial charge in [-0.3, -0.25) is 0 Å². The molecule has 0 bridgehead atoms. The Hall–Kier alpha value is -0.883. The Labute approximate surface area is 131 Å². The third kappa shape index (κ3) is 7.40. The van der Waals surface area contributed by atoms with Gasteiger partial charge >= 0.3 is 9.05 Å². The predicted molar refractivity (Wildman–Crippen MR) is 78.8 cm³/mol. The zero-order chi connectivity index (χ0) is 16.1. The monoisotopic (exact) mass is 333 g/mol. The molecular weight excluding hydrogens is 310 g/mol. The average Bonchev–Trinajstić information content (AvgIpc) is 2.52. The molecule has 126 valence electrons. The third-order valence-electron chi connectivity index (χ3n) is 2.50. The number of rotatable bonds is 13. The fourth-order valence-electron chi connectivity index (χ4n) is 1.64. The van der Waals surface area contributed by atoms with Crippen molar-refractivity contribution in [3.05, 3.63) is 35.9 Å². The molecule has 1 rings (SSSR count). The Balaban J connectivity index is 2.24. The summed E-state index contributed by atoms with van der Waals surface area (Å²) in [5.74, 6) is 0. The molecule has 0 aliphatic heterocycles. The Kier molecular flexibility index (Phi) is 10.2. The van der Waals surface area contributed by atoms with Gasteiger partial charge in [0.2, 0.25) is 0 Å². The van der Waals surface area contributed by atoms with Gasteiger partial charge in [0.15, 0.2) is 0 Å². The molecule has 0 saturated heterocycles. The van der Waals surface area contributed by atoms with Gasteiger partial charge < -0.3 is 9.74 Å². The fourth-order valence-corrected chi connectivity index (χ4v) is 2.88. The van der Waals surface area contributed by atoms with Crippen LogP contribution in [-0.2, 0) is 39.4 Å². The number of benzene rings is 1. The highest BCUT2D eigenvalue weighted by Gasteiger charge is 2.51. The van der Waals surface area contributed by atoms with Crippen LogP contribution in [0.5, 0.6) is 0 Å². The Morgan fingerprint density at radius 2 is 1.50 bits per heavy atom. The lowest BCUT2D eigenvalue weighted by Crippen LogP contribution is -2.49. The molecule has 0 spiro atoms. The summed E-state index contributed by atoms with van der Waals surface area (Å²) in [6.07, 6.45) is 0.717. The van der Waals surface area contributed by atoms with E-state index in [1.807, 2.05) is 18.2 Å². The molecule has 0 radical (unpaired) electrons. The van der Waals surface area contributed by atoms with Crippen molar-refractivity contribution in [1.82, 2.24) is 5.32 Å². The summed E-state index contributed by atoms with van der Waals surface area (Å²) < 4.78 is 20.1. The second-order valence-corrected chi connectivity index (χ2v) is 5.90. The van der Waals surface area contributed by atoms with Crippen LogP contribution in [0.2, 0.25) is 0 Å². The maximum absolute atomic E-state index is 5.46. The average molecular weight is 333 g/mol. The highest BCUT2D eigenvalue weighted by molar-refractivity contribution is 6.52. The molecular formula is C13H23NO7Si. The third-order valence-corrected chi connectivity index (χ3v) is 4.17. The largest absolute Gasteiger partial charge is 0.764 e. The van der Waals surface area contributed by atoms with E-state index in [0.29, 0.717) is 6.61 Å². The van der Waals surface area contributed by atoms with Gasteiger partial charge in [-0.1, -0.05) is 30.3 Å². The number of hydrogen-bond acceptors (Lipinski definition) is 8. The summed E-state index contributed by atoms with van der Waals surface area (Å²) in [5, 5.41) is 3.30. The van der Waals surface area contributed by atoms with Crippen LogP contribution in [0.3, 0.4) is 0 Å². The zero-order valence-corrected chi connectivity index (χ0v) is 14.1. The van der Waals surface area contributed by atoms with E-state index in [4.69, 9.17) is 18.2 Å². The first-order valence-corrected chi connectivity index (χ1v) is 8.43. The molecule has 0 atom stereocenters. The topological polar surface area (TPSA) is 76.6 Å². The molecule has 0 fully saturated rings. The molecule has 0 unspecified atom stereocenters. The van der Waals surface area contributed by atoms with Crippen LogP contribution in [0.25, 0.3) is 0 Å². The van der Waals surface area contributed by atoms with Crippen molar-refractivity contribution in [3.63, 3.8) is 0 Å². The second kappa shape index (κ2) is 11.7. The smallest absolute Gasteiger partial charge is 0.347 e. The Morgan fingerprint density at radius 1 is 0.909 bits per heavy atom. The van der Waals surface area contributed by atoms with Crippen molar-refractivity contribution in [2.45, 2.75) is 13.0 Å². The van der Waals surface area contributed by atoms with E-state index in [9.17, 15) is 0 Å². The van der Waals surface area contributed by atoms with Crippen LogP contribution in [0.4, 0.5) is 0 Å². The van der Waals surface area contributed by atoms with Gasteiger partial charge in [0.1, 0.15) is 0 Å². The van der Waals surface area contributed by atoms with E-state index in [1.54, 1.807) is 0 Å². The van der Waals surface area contributed by atoms with Crippen LogP contribution in [0.1, 0.15) is 12.0 Å². The van der Waals surface area contributed by atoms with Crippen LogP contribution in [0.15, 0.2) is 30.3 Å². The molecule has 0 saturated carbocycles. The van der Waals surface area contributed by atoms with Gasteiger partial charge in [-0.25, -0.2) is 14.7 Å². The van der Waals surface area contributed by atoms with Crippen LogP contribution in [0, 0.1) is 0 Å². The summed E-state index contributed by atoms with van der Waals surface area (Å²) in [6.45, 7) is 1.87. The lowest BCUT2D eigenvalue weighted by Gasteiger charge is -2.22. The summed E-state index contributed by atoms with van der Waals surface area (Å²) in [6, 6.07) is 10.1. The van der Waals surface area contributed by atoms with E-state index in [2.05, 4.69) is 32.1 Å². The molecule has 0 aliphatic rings. The van der Waals surface area contributed by atoms with Crippen molar-refractivity contribution >= 4 is 9.05 Å². The van der Waals surface area contributed by atoms with Gasteiger partial charge in [-0.05, 0) is 18.5 Å². The molecule has 22 heavy (non-hydrogen) atoms. The van der Waals surface area contributed by atoms with Crippen molar-refractivity contribution < 1.29 is 32.8 Å². The molecule has 1 aromatic carbocycles. The molecule has 1 aromatic rings. The first kappa shape index (κ1) is 19.2. The lowest BCUT2D eigenvalue weighted by molar-refractivity contribution is -0.370. The molecule has 0 heterocycles. The standard InChI is InChI=1S/C13H23NO7Si/c1-15-19-22(20-16-2,21-17-3)18-11-7-10-14-12-13-8-5-4-6-9-13/h4-6,8-9,14H,7,10-12H2,1-3H3. The first-order valence-electron chi connectivity index (χ1n) is 6.80. The highest BCUT2D eigenvalue weighted by atomic mass is 28.4. The molecule has 0 aromatic heterocycles. The number of nitrogens with one attached hydrogen (secondary N) is 1. The first-order chi connectivity index (χ1) is 10.8. The van der Waals surface area contributed by atoms with Crippen molar-refractivity contribution in [3.8, 4) is 0 Å². The molecule has 8 nitrogen and oxygen atoms in total. The van der Waals surface area contributed by atoms with E-state index in [0.717, 1.165) is 19.5 Å². The van der Waals surface area contributed by atoms with Gasteiger partial charge in [0, 0.05) is 13.2 Å². The molecule has 1 N–H and O–H groups in total. The SMILES string of the molecule is COO[Si](OCCCNCc1ccccc1)(OOC)OOC. The van der Waals surface area contributed by atoms with E-state index >= 15 is 0 Å². The van der Waals surface area contributed by atoms with Crippen molar-refractivity contribution in [2.75, 3.05) is 34.5 Å². The van der Waals surface area contributed by atoms with E-state index in [1.165, 1.54) is 26.9 Å². The molecule has 9 heteroatoms. The minimum atomic E-state index is -3.61. The van der Waals surface area contributed by atoms with Gasteiger partial charge in [0.05, 0.1) is 21.3 Å². The number of hydrogen-bond donors (Lipinski definition) is 1. The van der Waals surface area contributed by atoms with Crippen molar-refractivity contribution in [2.24, 2.45) is 0 Å². The normalized spacial score (nSPS) is 11.8. The Bertz CT molecular complexity index is 365. The molecule has 0 amide bonds. The highest BCUT2D eigenvalue weighted by Crippen LogP contribution is 2.12. The minimum Gasteiger partial charge on any atom is -0.347 e. The van der Waals surface area contributed by atoms with Gasteiger partial charge in [0.25, 0.3) is 0 Å². The molecule has 0 aliphatic carbocycles. The van der Waals surface area contributed by atoms with Crippen LogP contribution < -0.4 is 5.32 Å². The van der Waals surface area contributed by atoms with Crippen LogP contribution >= 0.6 is 0 Å². The van der Waals surface area contributed by atoms with Gasteiger partial charge in [-0.15, -0.1) is 0 Å². The zero-order valence-electron chi connectivity index (χ0n) is 13.1.